The number of amides is 2. The highest BCUT2D eigenvalue weighted by Gasteiger charge is 2.20. The number of sulfonamides is 1. The molecule has 0 spiro atoms. The molecule has 0 aliphatic heterocycles. The van der Waals surface area contributed by atoms with Gasteiger partial charge in [0.05, 0.1) is 4.90 Å². The van der Waals surface area contributed by atoms with Crippen LogP contribution in [-0.4, -0.2) is 33.3 Å². The maximum absolute atomic E-state index is 12.5. The Morgan fingerprint density at radius 2 is 1.77 bits per heavy atom. The van der Waals surface area contributed by atoms with E-state index in [4.69, 9.17) is 0 Å². The van der Waals surface area contributed by atoms with Gasteiger partial charge in [-0.25, -0.2) is 13.1 Å². The lowest BCUT2D eigenvalue weighted by Gasteiger charge is -2.20. The monoisotopic (exact) mass is 449 g/mol. The van der Waals surface area contributed by atoms with E-state index in [0.29, 0.717) is 6.54 Å². The molecule has 1 saturated carbocycles. The molecular formula is C21H27N3O4S2. The second-order valence-corrected chi connectivity index (χ2v) is 10.1. The Kier molecular flexibility index (Phi) is 8.01. The Labute approximate surface area is 181 Å². The highest BCUT2D eigenvalue weighted by Crippen LogP contribution is 2.23. The summed E-state index contributed by atoms with van der Waals surface area (Å²) in [5.74, 6) is -0.246. The fraction of sp³-hybridized carbons (Fsp3) is 0.429. The molecule has 1 aromatic heterocycles. The highest BCUT2D eigenvalue weighted by atomic mass is 32.2. The van der Waals surface area contributed by atoms with E-state index in [9.17, 15) is 18.0 Å². The molecule has 0 radical (unpaired) electrons. The lowest BCUT2D eigenvalue weighted by Crippen LogP contribution is -2.38. The van der Waals surface area contributed by atoms with Crippen LogP contribution < -0.4 is 15.4 Å². The molecule has 0 saturated heterocycles. The topological polar surface area (TPSA) is 104 Å². The molecule has 3 N–H and O–H groups in total. The second-order valence-electron chi connectivity index (χ2n) is 7.31. The van der Waals surface area contributed by atoms with E-state index < -0.39 is 10.0 Å². The summed E-state index contributed by atoms with van der Waals surface area (Å²) in [6.45, 7) is 0.837. The largest absolute Gasteiger partial charge is 0.354 e. The summed E-state index contributed by atoms with van der Waals surface area (Å²) in [5.41, 5.74) is 0.257. The number of benzene rings is 1. The summed E-state index contributed by atoms with van der Waals surface area (Å²) in [6, 6.07) is 9.62. The van der Waals surface area contributed by atoms with Crippen LogP contribution in [0.4, 0.5) is 0 Å². The smallest absolute Gasteiger partial charge is 0.251 e. The summed E-state index contributed by atoms with van der Waals surface area (Å²) in [5, 5.41) is 7.47. The second kappa shape index (κ2) is 10.7. The van der Waals surface area contributed by atoms with Crippen LogP contribution in [0.2, 0.25) is 0 Å². The zero-order valence-electron chi connectivity index (χ0n) is 16.7. The molecule has 0 bridgehead atoms. The van der Waals surface area contributed by atoms with E-state index in [1.54, 1.807) is 12.1 Å². The lowest BCUT2D eigenvalue weighted by molar-refractivity contribution is -0.125. The number of hydrogen-bond donors (Lipinski definition) is 3. The molecule has 1 aromatic carbocycles. The molecule has 2 aromatic rings. The van der Waals surface area contributed by atoms with Gasteiger partial charge in [0, 0.05) is 36.0 Å². The first-order valence-electron chi connectivity index (χ1n) is 10.1. The maximum Gasteiger partial charge on any atom is 0.251 e. The van der Waals surface area contributed by atoms with E-state index >= 15 is 0 Å². The van der Waals surface area contributed by atoms with Gasteiger partial charge >= 0.3 is 0 Å². The molecule has 7 nitrogen and oxygen atoms in total. The van der Waals surface area contributed by atoms with E-state index in [2.05, 4.69) is 15.4 Å². The third kappa shape index (κ3) is 6.38. The predicted octanol–water partition coefficient (Wildman–Crippen LogP) is 2.65. The third-order valence-electron chi connectivity index (χ3n) is 5.11. The Balaban J connectivity index is 1.48. The molecule has 30 heavy (non-hydrogen) atoms. The van der Waals surface area contributed by atoms with Crippen LogP contribution in [0.3, 0.4) is 0 Å². The van der Waals surface area contributed by atoms with Crippen molar-refractivity contribution in [2.24, 2.45) is 5.92 Å². The van der Waals surface area contributed by atoms with Crippen molar-refractivity contribution in [2.75, 3.05) is 13.1 Å². The Morgan fingerprint density at radius 3 is 2.50 bits per heavy atom. The van der Waals surface area contributed by atoms with Crippen LogP contribution in [0, 0.1) is 5.92 Å². The lowest BCUT2D eigenvalue weighted by atomic mass is 9.89. The van der Waals surface area contributed by atoms with Crippen LogP contribution in [0.1, 0.15) is 47.3 Å². The van der Waals surface area contributed by atoms with Gasteiger partial charge in [-0.2, -0.15) is 0 Å². The quantitative estimate of drug-likeness (QED) is 0.512. The van der Waals surface area contributed by atoms with Gasteiger partial charge < -0.3 is 10.6 Å². The van der Waals surface area contributed by atoms with Crippen molar-refractivity contribution in [3.8, 4) is 0 Å². The van der Waals surface area contributed by atoms with Crippen molar-refractivity contribution >= 4 is 33.2 Å². The molecule has 2 amide bonds. The van der Waals surface area contributed by atoms with Crippen molar-refractivity contribution < 1.29 is 18.0 Å². The molecule has 0 atom stereocenters. The minimum Gasteiger partial charge on any atom is -0.354 e. The van der Waals surface area contributed by atoms with Gasteiger partial charge in [-0.05, 0) is 42.5 Å². The van der Waals surface area contributed by atoms with Crippen LogP contribution in [-0.2, 0) is 21.4 Å². The molecular weight excluding hydrogens is 422 g/mol. The summed E-state index contributed by atoms with van der Waals surface area (Å²) >= 11 is 1.47. The van der Waals surface area contributed by atoms with Crippen LogP contribution in [0.15, 0.2) is 46.7 Å². The number of nitrogens with one attached hydrogen (secondary N) is 3. The van der Waals surface area contributed by atoms with Crippen molar-refractivity contribution in [1.82, 2.24) is 15.4 Å². The van der Waals surface area contributed by atoms with E-state index in [-0.39, 0.29) is 41.3 Å². The van der Waals surface area contributed by atoms with E-state index in [0.717, 1.165) is 30.6 Å². The third-order valence-corrected chi connectivity index (χ3v) is 7.38. The first-order valence-corrected chi connectivity index (χ1v) is 12.5. The number of carbonyl (C=O) groups excluding carboxylic acids is 2. The molecule has 162 valence electrons. The minimum absolute atomic E-state index is 0.0392. The maximum atomic E-state index is 12.5. The summed E-state index contributed by atoms with van der Waals surface area (Å²) < 4.78 is 27.5. The van der Waals surface area contributed by atoms with Gasteiger partial charge in [-0.1, -0.05) is 31.4 Å². The van der Waals surface area contributed by atoms with Crippen molar-refractivity contribution in [2.45, 2.75) is 43.5 Å². The van der Waals surface area contributed by atoms with Gasteiger partial charge in [-0.3, -0.25) is 9.59 Å². The van der Waals surface area contributed by atoms with Crippen molar-refractivity contribution in [3.63, 3.8) is 0 Å². The highest BCUT2D eigenvalue weighted by molar-refractivity contribution is 7.89. The van der Waals surface area contributed by atoms with E-state index in [1.807, 2.05) is 17.5 Å². The van der Waals surface area contributed by atoms with Gasteiger partial charge in [0.15, 0.2) is 0 Å². The summed E-state index contributed by atoms with van der Waals surface area (Å²) in [6.07, 6.45) is 5.24. The number of rotatable bonds is 9. The molecule has 1 aliphatic rings. The van der Waals surface area contributed by atoms with Crippen LogP contribution in [0.25, 0.3) is 0 Å². The Morgan fingerprint density at radius 1 is 1.00 bits per heavy atom. The Hall–Kier alpha value is -2.23. The fourth-order valence-electron chi connectivity index (χ4n) is 3.44. The van der Waals surface area contributed by atoms with Gasteiger partial charge in [0.25, 0.3) is 5.91 Å². The Bertz CT molecular complexity index is 952. The van der Waals surface area contributed by atoms with Gasteiger partial charge in [-0.15, -0.1) is 11.3 Å². The predicted molar refractivity (Wildman–Crippen MR) is 117 cm³/mol. The number of thiophene rings is 1. The molecule has 1 aliphatic carbocycles. The average molecular weight is 450 g/mol. The van der Waals surface area contributed by atoms with Crippen molar-refractivity contribution in [1.29, 1.82) is 0 Å². The minimum atomic E-state index is -3.72. The number of carbonyl (C=O) groups is 2. The van der Waals surface area contributed by atoms with E-state index in [1.165, 1.54) is 29.9 Å². The molecule has 1 fully saturated rings. The first-order chi connectivity index (χ1) is 14.5. The summed E-state index contributed by atoms with van der Waals surface area (Å²) in [4.78, 5) is 25.4. The van der Waals surface area contributed by atoms with Crippen LogP contribution in [0.5, 0.6) is 0 Å². The van der Waals surface area contributed by atoms with Gasteiger partial charge in [0.1, 0.15) is 0 Å². The first kappa shape index (κ1) is 22.5. The SMILES string of the molecule is O=C(NCCNC(=O)C1CCCCC1)c1cccc(S(=O)(=O)NCc2cccs2)c1. The van der Waals surface area contributed by atoms with Gasteiger partial charge in [0.2, 0.25) is 15.9 Å². The zero-order chi connectivity index (χ0) is 21.4. The fourth-order valence-corrected chi connectivity index (χ4v) is 5.23. The zero-order valence-corrected chi connectivity index (χ0v) is 18.4. The molecule has 9 heteroatoms. The number of hydrogen-bond acceptors (Lipinski definition) is 5. The molecule has 0 unspecified atom stereocenters. The molecule has 1 heterocycles. The molecule has 3 rings (SSSR count). The summed E-state index contributed by atoms with van der Waals surface area (Å²) in [7, 11) is -3.72. The van der Waals surface area contributed by atoms with Crippen molar-refractivity contribution in [3.05, 3.63) is 52.2 Å². The normalized spacial score (nSPS) is 14.9. The average Bonchev–Trinajstić information content (AvgIpc) is 3.29. The van der Waals surface area contributed by atoms with Crippen LogP contribution >= 0.6 is 11.3 Å². The standard InChI is InChI=1S/C21H27N3O4S2/c25-20(16-6-2-1-3-7-16)22-11-12-23-21(26)17-8-4-10-19(14-17)30(27,28)24-15-18-9-5-13-29-18/h4-5,8-10,13-14,16,24H,1-3,6-7,11-12,15H2,(H,22,25)(H,23,26).